The molecule has 0 aliphatic carbocycles. The molecule has 1 fully saturated rings. The summed E-state index contributed by atoms with van der Waals surface area (Å²) in [5, 5.41) is 0. The molecule has 0 saturated carbocycles. The van der Waals surface area contributed by atoms with Gasteiger partial charge in [-0.05, 0) is 37.1 Å². The van der Waals surface area contributed by atoms with Gasteiger partial charge in [-0.25, -0.2) is 8.78 Å². The molecule has 1 aromatic carbocycles. The third-order valence-electron chi connectivity index (χ3n) is 3.02. The third-order valence-corrected chi connectivity index (χ3v) is 3.02. The van der Waals surface area contributed by atoms with E-state index in [1.54, 1.807) is 6.07 Å². The van der Waals surface area contributed by atoms with Crippen LogP contribution in [0.25, 0.3) is 0 Å². The Morgan fingerprint density at radius 1 is 1.31 bits per heavy atom. The first-order valence-electron chi connectivity index (χ1n) is 5.49. The van der Waals surface area contributed by atoms with Crippen molar-refractivity contribution in [1.82, 2.24) is 0 Å². The summed E-state index contributed by atoms with van der Waals surface area (Å²) in [5.74, 6) is -1.47. The van der Waals surface area contributed by atoms with Crippen LogP contribution in [0.5, 0.6) is 0 Å². The number of hydrogen-bond acceptors (Lipinski definition) is 2. The van der Waals surface area contributed by atoms with Crippen molar-refractivity contribution in [3.05, 3.63) is 35.4 Å². The number of halogens is 2. The lowest BCUT2D eigenvalue weighted by molar-refractivity contribution is -0.0253. The van der Waals surface area contributed by atoms with Gasteiger partial charge in [-0.15, -0.1) is 0 Å². The van der Waals surface area contributed by atoms with Crippen LogP contribution in [0, 0.1) is 17.6 Å². The Balaban J connectivity index is 2.23. The van der Waals surface area contributed by atoms with Crippen molar-refractivity contribution < 1.29 is 13.5 Å². The van der Waals surface area contributed by atoms with Gasteiger partial charge in [0.25, 0.3) is 0 Å². The van der Waals surface area contributed by atoms with Gasteiger partial charge in [-0.1, -0.05) is 6.07 Å². The molecule has 2 unspecified atom stereocenters. The fraction of sp³-hybridized carbons (Fsp3) is 0.500. The standard InChI is InChI=1S/C12H15F2NO/c13-10-4-3-8(6-11(10)14)12-9(7-15)2-1-5-16-12/h3-4,6,9,12H,1-2,5,7,15H2. The number of ether oxygens (including phenoxy) is 1. The summed E-state index contributed by atoms with van der Waals surface area (Å²) in [6.07, 6.45) is 1.75. The van der Waals surface area contributed by atoms with Crippen LogP contribution in [0.15, 0.2) is 18.2 Å². The van der Waals surface area contributed by atoms with E-state index in [4.69, 9.17) is 10.5 Å². The molecular formula is C12H15F2NO. The maximum absolute atomic E-state index is 13.1. The molecular weight excluding hydrogens is 212 g/mol. The molecule has 2 N–H and O–H groups in total. The lowest BCUT2D eigenvalue weighted by Crippen LogP contribution is -2.28. The Hall–Kier alpha value is -1.00. The summed E-state index contributed by atoms with van der Waals surface area (Å²) < 4.78 is 31.5. The molecule has 1 aliphatic rings. The zero-order chi connectivity index (χ0) is 11.5. The van der Waals surface area contributed by atoms with Crippen LogP contribution in [0.3, 0.4) is 0 Å². The summed E-state index contributed by atoms with van der Waals surface area (Å²) in [6, 6.07) is 3.90. The minimum absolute atomic E-state index is 0.193. The Kier molecular flexibility index (Phi) is 3.51. The van der Waals surface area contributed by atoms with Crippen LogP contribution in [0.4, 0.5) is 8.78 Å². The molecule has 2 atom stereocenters. The molecule has 1 aliphatic heterocycles. The van der Waals surface area contributed by atoms with Gasteiger partial charge < -0.3 is 10.5 Å². The van der Waals surface area contributed by atoms with Crippen molar-refractivity contribution in [1.29, 1.82) is 0 Å². The second kappa shape index (κ2) is 4.89. The molecule has 0 amide bonds. The van der Waals surface area contributed by atoms with Crippen molar-refractivity contribution in [3.63, 3.8) is 0 Å². The predicted molar refractivity (Wildman–Crippen MR) is 56.8 cm³/mol. The number of nitrogens with two attached hydrogens (primary N) is 1. The van der Waals surface area contributed by atoms with Crippen LogP contribution in [-0.2, 0) is 4.74 Å². The van der Waals surface area contributed by atoms with Gasteiger partial charge in [0.1, 0.15) is 0 Å². The SMILES string of the molecule is NCC1CCCOC1c1ccc(F)c(F)c1. The molecule has 0 aromatic heterocycles. The van der Waals surface area contributed by atoms with Crippen molar-refractivity contribution >= 4 is 0 Å². The second-order valence-electron chi connectivity index (χ2n) is 4.10. The second-order valence-corrected chi connectivity index (χ2v) is 4.10. The summed E-state index contributed by atoms with van der Waals surface area (Å²) in [6.45, 7) is 1.16. The Morgan fingerprint density at radius 3 is 2.81 bits per heavy atom. The maximum Gasteiger partial charge on any atom is 0.159 e. The molecule has 16 heavy (non-hydrogen) atoms. The molecule has 1 saturated heterocycles. The van der Waals surface area contributed by atoms with E-state index in [-0.39, 0.29) is 12.0 Å². The molecule has 1 heterocycles. The lowest BCUT2D eigenvalue weighted by atomic mass is 9.89. The number of rotatable bonds is 2. The van der Waals surface area contributed by atoms with Crippen molar-refractivity contribution in [2.24, 2.45) is 11.7 Å². The van der Waals surface area contributed by atoms with E-state index in [0.717, 1.165) is 18.9 Å². The Bertz CT molecular complexity index is 370. The smallest absolute Gasteiger partial charge is 0.159 e. The van der Waals surface area contributed by atoms with Gasteiger partial charge in [0, 0.05) is 12.5 Å². The highest BCUT2D eigenvalue weighted by molar-refractivity contribution is 5.21. The monoisotopic (exact) mass is 227 g/mol. The van der Waals surface area contributed by atoms with E-state index < -0.39 is 11.6 Å². The lowest BCUT2D eigenvalue weighted by Gasteiger charge is -2.31. The van der Waals surface area contributed by atoms with Gasteiger partial charge in [0.2, 0.25) is 0 Å². The zero-order valence-electron chi connectivity index (χ0n) is 8.96. The number of benzene rings is 1. The van der Waals surface area contributed by atoms with Gasteiger partial charge in [-0.2, -0.15) is 0 Å². The van der Waals surface area contributed by atoms with Crippen LogP contribution < -0.4 is 5.73 Å². The molecule has 2 nitrogen and oxygen atoms in total. The van der Waals surface area contributed by atoms with E-state index >= 15 is 0 Å². The minimum atomic E-state index is -0.831. The van der Waals surface area contributed by atoms with Gasteiger partial charge in [0.15, 0.2) is 11.6 Å². The molecule has 0 spiro atoms. The van der Waals surface area contributed by atoms with Crippen LogP contribution in [0.2, 0.25) is 0 Å². The Labute approximate surface area is 93.4 Å². The highest BCUT2D eigenvalue weighted by Gasteiger charge is 2.26. The predicted octanol–water partition coefficient (Wildman–Crippen LogP) is 2.39. The molecule has 1 aromatic rings. The first kappa shape index (κ1) is 11.5. The highest BCUT2D eigenvalue weighted by atomic mass is 19.2. The maximum atomic E-state index is 13.1. The molecule has 88 valence electrons. The van der Waals surface area contributed by atoms with Crippen molar-refractivity contribution in [3.8, 4) is 0 Å². The van der Waals surface area contributed by atoms with E-state index in [0.29, 0.717) is 18.7 Å². The first-order chi connectivity index (χ1) is 7.72. The summed E-state index contributed by atoms with van der Waals surface area (Å²) in [4.78, 5) is 0. The van der Waals surface area contributed by atoms with Gasteiger partial charge in [-0.3, -0.25) is 0 Å². The fourth-order valence-electron chi connectivity index (χ4n) is 2.14. The zero-order valence-corrected chi connectivity index (χ0v) is 8.96. The summed E-state index contributed by atoms with van der Waals surface area (Å²) in [7, 11) is 0. The minimum Gasteiger partial charge on any atom is -0.373 e. The number of hydrogen-bond donors (Lipinski definition) is 1. The van der Waals surface area contributed by atoms with E-state index in [9.17, 15) is 8.78 Å². The molecule has 0 radical (unpaired) electrons. The average Bonchev–Trinajstić information content (AvgIpc) is 2.32. The van der Waals surface area contributed by atoms with Gasteiger partial charge >= 0.3 is 0 Å². The summed E-state index contributed by atoms with van der Waals surface area (Å²) in [5.41, 5.74) is 6.33. The molecule has 2 rings (SSSR count). The van der Waals surface area contributed by atoms with Gasteiger partial charge in [0.05, 0.1) is 6.10 Å². The van der Waals surface area contributed by atoms with E-state index in [2.05, 4.69) is 0 Å². The fourth-order valence-corrected chi connectivity index (χ4v) is 2.14. The van der Waals surface area contributed by atoms with E-state index in [1.165, 1.54) is 6.07 Å². The van der Waals surface area contributed by atoms with Crippen LogP contribution in [-0.4, -0.2) is 13.2 Å². The van der Waals surface area contributed by atoms with Crippen molar-refractivity contribution in [2.75, 3.05) is 13.2 Å². The highest BCUT2D eigenvalue weighted by Crippen LogP contribution is 2.33. The van der Waals surface area contributed by atoms with Crippen molar-refractivity contribution in [2.45, 2.75) is 18.9 Å². The topological polar surface area (TPSA) is 35.2 Å². The normalized spacial score (nSPS) is 25.7. The quantitative estimate of drug-likeness (QED) is 0.842. The largest absolute Gasteiger partial charge is 0.373 e. The summed E-state index contributed by atoms with van der Waals surface area (Å²) >= 11 is 0. The average molecular weight is 227 g/mol. The first-order valence-corrected chi connectivity index (χ1v) is 5.49. The third kappa shape index (κ3) is 2.23. The van der Waals surface area contributed by atoms with E-state index in [1.807, 2.05) is 0 Å². The molecule has 0 bridgehead atoms. The Morgan fingerprint density at radius 2 is 2.12 bits per heavy atom. The molecule has 4 heteroatoms. The van der Waals surface area contributed by atoms with Crippen LogP contribution in [0.1, 0.15) is 24.5 Å². The van der Waals surface area contributed by atoms with Crippen LogP contribution >= 0.6 is 0 Å².